The van der Waals surface area contributed by atoms with Crippen LogP contribution in [0.4, 0.5) is 0 Å². The van der Waals surface area contributed by atoms with Gasteiger partial charge in [-0.3, -0.25) is 0 Å². The monoisotopic (exact) mass is 287 g/mol. The fraction of sp³-hybridized carbons (Fsp3) is 0.294. The molecule has 0 fully saturated rings. The first-order chi connectivity index (χ1) is 10.1. The SMILES string of the molecule is COc1cc(C)ccc1Oc1cccc(OC)c1[C@H](C)N. The van der Waals surface area contributed by atoms with Gasteiger partial charge in [0.15, 0.2) is 11.5 Å². The maximum atomic E-state index is 6.05. The van der Waals surface area contributed by atoms with Gasteiger partial charge >= 0.3 is 0 Å². The molecule has 21 heavy (non-hydrogen) atoms. The summed E-state index contributed by atoms with van der Waals surface area (Å²) in [4.78, 5) is 0. The minimum absolute atomic E-state index is 0.201. The highest BCUT2D eigenvalue weighted by Crippen LogP contribution is 2.38. The van der Waals surface area contributed by atoms with Crippen molar-refractivity contribution in [1.29, 1.82) is 0 Å². The molecule has 2 N–H and O–H groups in total. The second-order valence-electron chi connectivity index (χ2n) is 4.92. The normalized spacial score (nSPS) is 11.9. The molecule has 2 aromatic rings. The van der Waals surface area contributed by atoms with Gasteiger partial charge < -0.3 is 19.9 Å². The van der Waals surface area contributed by atoms with Gasteiger partial charge in [-0.25, -0.2) is 0 Å². The molecule has 0 bridgehead atoms. The summed E-state index contributed by atoms with van der Waals surface area (Å²) in [6.07, 6.45) is 0. The van der Waals surface area contributed by atoms with Crippen LogP contribution in [0.15, 0.2) is 36.4 Å². The molecule has 0 radical (unpaired) electrons. The molecule has 0 heterocycles. The van der Waals surface area contributed by atoms with E-state index in [-0.39, 0.29) is 6.04 Å². The Morgan fingerprint density at radius 2 is 1.57 bits per heavy atom. The molecular weight excluding hydrogens is 266 g/mol. The van der Waals surface area contributed by atoms with Crippen LogP contribution in [-0.2, 0) is 0 Å². The Labute approximate surface area is 125 Å². The van der Waals surface area contributed by atoms with Gasteiger partial charge in [-0.15, -0.1) is 0 Å². The fourth-order valence-corrected chi connectivity index (χ4v) is 2.22. The predicted molar refractivity (Wildman–Crippen MR) is 83.4 cm³/mol. The molecule has 4 nitrogen and oxygen atoms in total. The lowest BCUT2D eigenvalue weighted by molar-refractivity contribution is 0.371. The van der Waals surface area contributed by atoms with Crippen LogP contribution in [0.1, 0.15) is 24.1 Å². The molecule has 0 unspecified atom stereocenters. The third-order valence-electron chi connectivity index (χ3n) is 3.24. The first-order valence-corrected chi connectivity index (χ1v) is 6.81. The van der Waals surface area contributed by atoms with Crippen LogP contribution < -0.4 is 19.9 Å². The molecule has 0 amide bonds. The second-order valence-corrected chi connectivity index (χ2v) is 4.92. The lowest BCUT2D eigenvalue weighted by atomic mass is 10.1. The third-order valence-corrected chi connectivity index (χ3v) is 3.24. The van der Waals surface area contributed by atoms with Crippen LogP contribution >= 0.6 is 0 Å². The van der Waals surface area contributed by atoms with Gasteiger partial charge in [-0.2, -0.15) is 0 Å². The quantitative estimate of drug-likeness (QED) is 0.908. The number of benzene rings is 2. The Kier molecular flexibility index (Phi) is 4.70. The van der Waals surface area contributed by atoms with Gasteiger partial charge in [0, 0.05) is 6.04 Å². The average molecular weight is 287 g/mol. The van der Waals surface area contributed by atoms with Crippen molar-refractivity contribution >= 4 is 0 Å². The summed E-state index contributed by atoms with van der Waals surface area (Å²) >= 11 is 0. The van der Waals surface area contributed by atoms with Crippen molar-refractivity contribution in [2.24, 2.45) is 5.73 Å². The molecule has 2 rings (SSSR count). The molecule has 2 aromatic carbocycles. The summed E-state index contributed by atoms with van der Waals surface area (Å²) in [5, 5.41) is 0. The van der Waals surface area contributed by atoms with Crippen molar-refractivity contribution in [2.45, 2.75) is 19.9 Å². The molecular formula is C17H21NO3. The number of methoxy groups -OCH3 is 2. The molecule has 0 aliphatic carbocycles. The van der Waals surface area contributed by atoms with Crippen molar-refractivity contribution in [1.82, 2.24) is 0 Å². The van der Waals surface area contributed by atoms with Crippen LogP contribution in [0.2, 0.25) is 0 Å². The molecule has 0 spiro atoms. The fourth-order valence-electron chi connectivity index (χ4n) is 2.22. The highest BCUT2D eigenvalue weighted by Gasteiger charge is 2.16. The number of rotatable bonds is 5. The van der Waals surface area contributed by atoms with E-state index in [1.807, 2.05) is 50.2 Å². The summed E-state index contributed by atoms with van der Waals surface area (Å²) in [6, 6.07) is 11.2. The number of aryl methyl sites for hydroxylation is 1. The van der Waals surface area contributed by atoms with Gasteiger partial charge in [-0.05, 0) is 43.7 Å². The topological polar surface area (TPSA) is 53.7 Å². The average Bonchev–Trinajstić information content (AvgIpc) is 2.48. The van der Waals surface area contributed by atoms with E-state index in [2.05, 4.69) is 0 Å². The number of nitrogens with two attached hydrogens (primary N) is 1. The maximum Gasteiger partial charge on any atom is 0.169 e. The summed E-state index contributed by atoms with van der Waals surface area (Å²) < 4.78 is 16.7. The third kappa shape index (κ3) is 3.28. The van der Waals surface area contributed by atoms with Crippen molar-refractivity contribution in [2.75, 3.05) is 14.2 Å². The van der Waals surface area contributed by atoms with E-state index in [9.17, 15) is 0 Å². The molecule has 0 aliphatic rings. The maximum absolute atomic E-state index is 6.05. The van der Waals surface area contributed by atoms with E-state index in [1.165, 1.54) is 0 Å². The van der Waals surface area contributed by atoms with Crippen molar-refractivity contribution in [3.63, 3.8) is 0 Å². The lowest BCUT2D eigenvalue weighted by Gasteiger charge is -2.18. The smallest absolute Gasteiger partial charge is 0.169 e. The van der Waals surface area contributed by atoms with Crippen molar-refractivity contribution < 1.29 is 14.2 Å². The van der Waals surface area contributed by atoms with Crippen molar-refractivity contribution in [3.8, 4) is 23.0 Å². The Hall–Kier alpha value is -2.20. The Balaban J connectivity index is 2.44. The second kappa shape index (κ2) is 6.50. The highest BCUT2D eigenvalue weighted by molar-refractivity contribution is 5.51. The Morgan fingerprint density at radius 1 is 0.905 bits per heavy atom. The largest absolute Gasteiger partial charge is 0.496 e. The first kappa shape index (κ1) is 15.2. The van der Waals surface area contributed by atoms with Crippen LogP contribution in [0.3, 0.4) is 0 Å². The number of ether oxygens (including phenoxy) is 3. The number of hydrogen-bond donors (Lipinski definition) is 1. The molecule has 1 atom stereocenters. The van der Waals surface area contributed by atoms with E-state index in [0.717, 1.165) is 11.1 Å². The first-order valence-electron chi connectivity index (χ1n) is 6.81. The minimum atomic E-state index is -0.201. The van der Waals surface area contributed by atoms with Gasteiger partial charge in [0.25, 0.3) is 0 Å². The van der Waals surface area contributed by atoms with Gasteiger partial charge in [0.05, 0.1) is 19.8 Å². The highest BCUT2D eigenvalue weighted by atomic mass is 16.5. The van der Waals surface area contributed by atoms with Gasteiger partial charge in [0.2, 0.25) is 0 Å². The standard InChI is InChI=1S/C17H21NO3/c1-11-8-9-13(16(10-11)20-4)21-15-7-5-6-14(19-3)17(15)12(2)18/h5-10,12H,18H2,1-4H3/t12-/m0/s1. The van der Waals surface area contributed by atoms with Gasteiger partial charge in [-0.1, -0.05) is 12.1 Å². The molecule has 4 heteroatoms. The summed E-state index contributed by atoms with van der Waals surface area (Å²) in [6.45, 7) is 3.91. The minimum Gasteiger partial charge on any atom is -0.496 e. The summed E-state index contributed by atoms with van der Waals surface area (Å²) in [5.41, 5.74) is 7.99. The van der Waals surface area contributed by atoms with E-state index >= 15 is 0 Å². The van der Waals surface area contributed by atoms with Gasteiger partial charge in [0.1, 0.15) is 11.5 Å². The summed E-state index contributed by atoms with van der Waals surface area (Å²) in [7, 11) is 3.25. The van der Waals surface area contributed by atoms with Crippen LogP contribution in [0, 0.1) is 6.92 Å². The van der Waals surface area contributed by atoms with E-state index in [0.29, 0.717) is 23.0 Å². The molecule has 0 saturated carbocycles. The van der Waals surface area contributed by atoms with Crippen LogP contribution in [-0.4, -0.2) is 14.2 Å². The number of hydrogen-bond acceptors (Lipinski definition) is 4. The predicted octanol–water partition coefficient (Wildman–Crippen LogP) is 3.82. The molecule has 0 aliphatic heterocycles. The van der Waals surface area contributed by atoms with E-state index in [1.54, 1.807) is 14.2 Å². The van der Waals surface area contributed by atoms with E-state index < -0.39 is 0 Å². The van der Waals surface area contributed by atoms with Crippen molar-refractivity contribution in [3.05, 3.63) is 47.5 Å². The van der Waals surface area contributed by atoms with E-state index in [4.69, 9.17) is 19.9 Å². The molecule has 0 saturated heterocycles. The zero-order valence-electron chi connectivity index (χ0n) is 12.8. The zero-order chi connectivity index (χ0) is 15.4. The Bertz CT molecular complexity index is 623. The zero-order valence-corrected chi connectivity index (χ0v) is 12.8. The van der Waals surface area contributed by atoms with Crippen LogP contribution in [0.5, 0.6) is 23.0 Å². The lowest BCUT2D eigenvalue weighted by Crippen LogP contribution is -2.08. The van der Waals surface area contributed by atoms with Crippen LogP contribution in [0.25, 0.3) is 0 Å². The molecule has 0 aromatic heterocycles. The summed E-state index contributed by atoms with van der Waals surface area (Å²) in [5.74, 6) is 2.73. The molecule has 112 valence electrons. The Morgan fingerprint density at radius 3 is 2.19 bits per heavy atom.